The summed E-state index contributed by atoms with van der Waals surface area (Å²) >= 11 is 6.30. The number of aromatic amines is 1. The Bertz CT molecular complexity index is 596. The second-order valence-corrected chi connectivity index (χ2v) is 4.55. The summed E-state index contributed by atoms with van der Waals surface area (Å²) in [5.41, 5.74) is 1.03. The molecule has 8 heteroatoms. The standard InChI is InChI=1S/C9H8F2N4S2/c1-5-2-3-17-6(5)4-12-15-8(7(10)11)13-14-9(15)16/h2-4,7H,1H3,(H,14,16)/b12-4-. The Kier molecular flexibility index (Phi) is 3.43. The van der Waals surface area contributed by atoms with Crippen LogP contribution in [0.25, 0.3) is 0 Å². The summed E-state index contributed by atoms with van der Waals surface area (Å²) in [4.78, 5) is 0.897. The molecular formula is C9H8F2N4S2. The van der Waals surface area contributed by atoms with Crippen LogP contribution < -0.4 is 0 Å². The van der Waals surface area contributed by atoms with Crippen molar-refractivity contribution in [1.29, 1.82) is 0 Å². The van der Waals surface area contributed by atoms with Gasteiger partial charge in [-0.05, 0) is 36.2 Å². The molecule has 2 heterocycles. The number of aryl methyl sites for hydroxylation is 1. The normalized spacial score (nSPS) is 11.8. The van der Waals surface area contributed by atoms with Gasteiger partial charge in [-0.25, -0.2) is 13.9 Å². The maximum atomic E-state index is 12.6. The summed E-state index contributed by atoms with van der Waals surface area (Å²) in [6.07, 6.45) is -1.22. The molecule has 0 saturated carbocycles. The van der Waals surface area contributed by atoms with Crippen LogP contribution in [0.3, 0.4) is 0 Å². The van der Waals surface area contributed by atoms with Crippen molar-refractivity contribution in [1.82, 2.24) is 14.9 Å². The first-order valence-corrected chi connectivity index (χ1v) is 5.92. The number of nitrogens with one attached hydrogen (secondary N) is 1. The van der Waals surface area contributed by atoms with Crippen LogP contribution in [0.5, 0.6) is 0 Å². The molecule has 0 aromatic carbocycles. The zero-order chi connectivity index (χ0) is 12.4. The smallest absolute Gasteiger partial charge is 0.250 e. The number of hydrogen-bond donors (Lipinski definition) is 1. The molecule has 2 rings (SSSR count). The van der Waals surface area contributed by atoms with E-state index in [1.165, 1.54) is 17.6 Å². The van der Waals surface area contributed by atoms with E-state index < -0.39 is 12.2 Å². The molecule has 0 saturated heterocycles. The molecule has 0 spiro atoms. The highest BCUT2D eigenvalue weighted by Gasteiger charge is 2.15. The van der Waals surface area contributed by atoms with E-state index in [-0.39, 0.29) is 4.77 Å². The van der Waals surface area contributed by atoms with Crippen molar-refractivity contribution >= 4 is 29.8 Å². The van der Waals surface area contributed by atoms with Crippen LogP contribution in [0, 0.1) is 11.7 Å². The fourth-order valence-corrected chi connectivity index (χ4v) is 2.15. The van der Waals surface area contributed by atoms with E-state index in [1.807, 2.05) is 18.4 Å². The Morgan fingerprint density at radius 1 is 1.65 bits per heavy atom. The fourth-order valence-electron chi connectivity index (χ4n) is 1.18. The first-order chi connectivity index (χ1) is 8.09. The first kappa shape index (κ1) is 12.1. The van der Waals surface area contributed by atoms with Gasteiger partial charge in [0.25, 0.3) is 6.43 Å². The summed E-state index contributed by atoms with van der Waals surface area (Å²) < 4.78 is 26.1. The minimum Gasteiger partial charge on any atom is -0.250 e. The summed E-state index contributed by atoms with van der Waals surface area (Å²) in [5, 5.41) is 11.5. The highest BCUT2D eigenvalue weighted by molar-refractivity contribution is 7.71. The van der Waals surface area contributed by atoms with E-state index >= 15 is 0 Å². The Morgan fingerprint density at radius 2 is 2.41 bits per heavy atom. The number of nitrogens with zero attached hydrogens (tertiary/aromatic N) is 3. The van der Waals surface area contributed by atoms with Gasteiger partial charge in [0.1, 0.15) is 0 Å². The molecule has 0 aliphatic heterocycles. The van der Waals surface area contributed by atoms with Gasteiger partial charge in [0, 0.05) is 0 Å². The van der Waals surface area contributed by atoms with Crippen LogP contribution in [-0.2, 0) is 0 Å². The lowest BCUT2D eigenvalue weighted by atomic mass is 10.3. The van der Waals surface area contributed by atoms with Crippen molar-refractivity contribution in [2.24, 2.45) is 5.10 Å². The Balaban J connectivity index is 2.36. The average Bonchev–Trinajstić information content (AvgIpc) is 2.82. The van der Waals surface area contributed by atoms with E-state index in [0.717, 1.165) is 15.1 Å². The predicted octanol–water partition coefficient (Wildman–Crippen LogP) is 3.13. The molecule has 0 fully saturated rings. The second kappa shape index (κ2) is 4.84. The van der Waals surface area contributed by atoms with E-state index in [2.05, 4.69) is 15.3 Å². The third kappa shape index (κ3) is 2.47. The monoisotopic (exact) mass is 274 g/mol. The highest BCUT2D eigenvalue weighted by atomic mass is 32.1. The molecule has 2 aromatic heterocycles. The van der Waals surface area contributed by atoms with Gasteiger partial charge in [0.2, 0.25) is 10.6 Å². The van der Waals surface area contributed by atoms with Crippen molar-refractivity contribution in [3.8, 4) is 0 Å². The molecule has 2 aromatic rings. The number of halogens is 2. The zero-order valence-electron chi connectivity index (χ0n) is 8.72. The van der Waals surface area contributed by atoms with Crippen LogP contribution in [-0.4, -0.2) is 21.1 Å². The second-order valence-electron chi connectivity index (χ2n) is 3.21. The van der Waals surface area contributed by atoms with Gasteiger partial charge in [0.05, 0.1) is 11.1 Å². The number of alkyl halides is 2. The van der Waals surface area contributed by atoms with Crippen molar-refractivity contribution in [3.05, 3.63) is 32.5 Å². The first-order valence-electron chi connectivity index (χ1n) is 4.63. The van der Waals surface area contributed by atoms with E-state index in [1.54, 1.807) is 0 Å². The predicted molar refractivity (Wildman–Crippen MR) is 64.4 cm³/mol. The summed E-state index contributed by atoms with van der Waals surface area (Å²) in [5.74, 6) is -0.486. The number of thiophene rings is 1. The number of rotatable bonds is 3. The van der Waals surface area contributed by atoms with Crippen LogP contribution >= 0.6 is 23.6 Å². The average molecular weight is 274 g/mol. The molecule has 0 aliphatic carbocycles. The molecule has 17 heavy (non-hydrogen) atoms. The molecule has 0 radical (unpaired) electrons. The van der Waals surface area contributed by atoms with Crippen molar-refractivity contribution in [3.63, 3.8) is 0 Å². The van der Waals surface area contributed by atoms with E-state index in [4.69, 9.17) is 12.2 Å². The minimum atomic E-state index is -2.72. The number of aromatic nitrogens is 3. The molecule has 0 atom stereocenters. The highest BCUT2D eigenvalue weighted by Crippen LogP contribution is 2.17. The Labute approximate surface area is 105 Å². The third-order valence-electron chi connectivity index (χ3n) is 2.06. The molecular weight excluding hydrogens is 266 g/mol. The van der Waals surface area contributed by atoms with Gasteiger partial charge in [-0.15, -0.1) is 11.3 Å². The number of hydrogen-bond acceptors (Lipinski definition) is 4. The van der Waals surface area contributed by atoms with Crippen molar-refractivity contribution in [2.75, 3.05) is 0 Å². The quantitative estimate of drug-likeness (QED) is 0.690. The fraction of sp³-hybridized carbons (Fsp3) is 0.222. The Morgan fingerprint density at radius 3 is 3.00 bits per heavy atom. The molecule has 4 nitrogen and oxygen atoms in total. The van der Waals surface area contributed by atoms with Crippen molar-refractivity contribution in [2.45, 2.75) is 13.3 Å². The van der Waals surface area contributed by atoms with Crippen LogP contribution in [0.2, 0.25) is 0 Å². The molecule has 0 aliphatic rings. The molecule has 0 bridgehead atoms. The summed E-state index contributed by atoms with van der Waals surface area (Å²) in [6.45, 7) is 1.92. The van der Waals surface area contributed by atoms with Gasteiger partial charge < -0.3 is 0 Å². The van der Waals surface area contributed by atoms with Crippen molar-refractivity contribution < 1.29 is 8.78 Å². The maximum Gasteiger partial charge on any atom is 0.299 e. The topological polar surface area (TPSA) is 46.0 Å². The molecule has 90 valence electrons. The molecule has 0 amide bonds. The lowest BCUT2D eigenvalue weighted by Crippen LogP contribution is -1.99. The van der Waals surface area contributed by atoms with E-state index in [9.17, 15) is 8.78 Å². The summed E-state index contributed by atoms with van der Waals surface area (Å²) in [7, 11) is 0. The zero-order valence-corrected chi connectivity index (χ0v) is 10.4. The van der Waals surface area contributed by atoms with Gasteiger partial charge in [-0.1, -0.05) is 0 Å². The SMILES string of the molecule is Cc1ccsc1/C=N\n1c(C(F)F)n[nH]c1=S. The van der Waals surface area contributed by atoms with Crippen LogP contribution in [0.1, 0.15) is 22.7 Å². The number of H-pyrrole nitrogens is 1. The minimum absolute atomic E-state index is 0.0470. The largest absolute Gasteiger partial charge is 0.299 e. The van der Waals surface area contributed by atoms with Gasteiger partial charge in [-0.2, -0.15) is 14.9 Å². The molecule has 1 N–H and O–H groups in total. The molecule has 0 unspecified atom stereocenters. The maximum absolute atomic E-state index is 12.6. The van der Waals surface area contributed by atoms with E-state index in [0.29, 0.717) is 0 Å². The lowest BCUT2D eigenvalue weighted by molar-refractivity contribution is 0.136. The van der Waals surface area contributed by atoms with Gasteiger partial charge in [-0.3, -0.25) is 0 Å². The van der Waals surface area contributed by atoms with Crippen LogP contribution in [0.15, 0.2) is 16.5 Å². The van der Waals surface area contributed by atoms with Gasteiger partial charge in [0.15, 0.2) is 0 Å². The van der Waals surface area contributed by atoms with Gasteiger partial charge >= 0.3 is 0 Å². The van der Waals surface area contributed by atoms with Crippen LogP contribution in [0.4, 0.5) is 8.78 Å². The third-order valence-corrected chi connectivity index (χ3v) is 3.28. The Hall–Kier alpha value is -1.41. The lowest BCUT2D eigenvalue weighted by Gasteiger charge is -1.97. The summed E-state index contributed by atoms with van der Waals surface area (Å²) in [6, 6.07) is 1.93.